The lowest BCUT2D eigenvalue weighted by atomic mass is 9.75. The topological polar surface area (TPSA) is 70.8 Å². The van der Waals surface area contributed by atoms with Gasteiger partial charge in [-0.2, -0.15) is 0 Å². The second kappa shape index (κ2) is 5.99. The maximum atomic E-state index is 12.3. The second-order valence-corrected chi connectivity index (χ2v) is 5.96. The predicted octanol–water partition coefficient (Wildman–Crippen LogP) is 3.15. The molecule has 1 saturated heterocycles. The van der Waals surface area contributed by atoms with Gasteiger partial charge >= 0.3 is 5.97 Å². The van der Waals surface area contributed by atoms with Gasteiger partial charge in [-0.15, -0.1) is 0 Å². The zero-order chi connectivity index (χ0) is 14.8. The molecular weight excluding hydrogens is 326 g/mol. The minimum absolute atomic E-state index is 0.110. The molecule has 1 amide bonds. The molecule has 0 atom stereocenters. The number of nitrogens with zero attached hydrogens (tertiary/aromatic N) is 1. The van der Waals surface area contributed by atoms with Crippen LogP contribution < -0.4 is 0 Å². The van der Waals surface area contributed by atoms with Gasteiger partial charge in [0.25, 0.3) is 5.91 Å². The fourth-order valence-electron chi connectivity index (χ4n) is 2.80. The molecule has 0 bridgehead atoms. The van der Waals surface area contributed by atoms with Crippen molar-refractivity contribution in [3.05, 3.63) is 22.6 Å². The SMILES string of the molecule is CCCC1(C(=O)O)CCN(C(=O)c2ccoc2Br)CC1. The lowest BCUT2D eigenvalue weighted by molar-refractivity contribution is -0.152. The molecule has 20 heavy (non-hydrogen) atoms. The number of rotatable bonds is 4. The maximum absolute atomic E-state index is 12.3. The average molecular weight is 344 g/mol. The van der Waals surface area contributed by atoms with Gasteiger partial charge in [0.05, 0.1) is 17.2 Å². The molecule has 6 heteroatoms. The third kappa shape index (κ3) is 2.75. The fraction of sp³-hybridized carbons (Fsp3) is 0.571. The minimum Gasteiger partial charge on any atom is -0.481 e. The van der Waals surface area contributed by atoms with Crippen LogP contribution in [0.5, 0.6) is 0 Å². The number of carbonyl (C=O) groups excluding carboxylic acids is 1. The van der Waals surface area contributed by atoms with E-state index in [0.717, 1.165) is 6.42 Å². The van der Waals surface area contributed by atoms with Crippen LogP contribution in [0.1, 0.15) is 43.0 Å². The first kappa shape index (κ1) is 15.1. The van der Waals surface area contributed by atoms with E-state index < -0.39 is 11.4 Å². The number of piperidine rings is 1. The average Bonchev–Trinajstić information content (AvgIpc) is 2.85. The van der Waals surface area contributed by atoms with E-state index in [1.54, 1.807) is 11.0 Å². The molecule has 0 unspecified atom stereocenters. The van der Waals surface area contributed by atoms with Crippen molar-refractivity contribution in [1.29, 1.82) is 0 Å². The number of hydrogen-bond donors (Lipinski definition) is 1. The summed E-state index contributed by atoms with van der Waals surface area (Å²) in [7, 11) is 0. The van der Waals surface area contributed by atoms with Crippen LogP contribution in [0.3, 0.4) is 0 Å². The summed E-state index contributed by atoms with van der Waals surface area (Å²) in [6.45, 7) is 2.94. The Kier molecular flexibility index (Phi) is 4.52. The molecule has 0 aliphatic carbocycles. The summed E-state index contributed by atoms with van der Waals surface area (Å²) in [5.41, 5.74) is -0.178. The van der Waals surface area contributed by atoms with Crippen LogP contribution in [-0.4, -0.2) is 35.0 Å². The summed E-state index contributed by atoms with van der Waals surface area (Å²) in [6, 6.07) is 1.62. The van der Waals surface area contributed by atoms with E-state index in [1.807, 2.05) is 6.92 Å². The summed E-state index contributed by atoms with van der Waals surface area (Å²) in [5.74, 6) is -0.850. The Hall–Kier alpha value is -1.30. The summed E-state index contributed by atoms with van der Waals surface area (Å²) < 4.78 is 5.49. The maximum Gasteiger partial charge on any atom is 0.309 e. The van der Waals surface area contributed by atoms with Crippen molar-refractivity contribution >= 4 is 27.8 Å². The molecule has 1 aliphatic rings. The summed E-state index contributed by atoms with van der Waals surface area (Å²) in [5, 5.41) is 9.45. The highest BCUT2D eigenvalue weighted by Crippen LogP contribution is 2.37. The molecular formula is C14H18BrNO4. The van der Waals surface area contributed by atoms with Crippen LogP contribution in [0.2, 0.25) is 0 Å². The standard InChI is InChI=1S/C14H18BrNO4/c1-2-4-14(13(18)19)5-7-16(8-6-14)12(17)10-3-9-20-11(10)15/h3,9H,2,4-8H2,1H3,(H,18,19). The number of furan rings is 1. The molecule has 0 saturated carbocycles. The van der Waals surface area contributed by atoms with E-state index in [2.05, 4.69) is 15.9 Å². The Balaban J connectivity index is 2.05. The van der Waals surface area contributed by atoms with Gasteiger partial charge in [0.2, 0.25) is 0 Å². The van der Waals surface area contributed by atoms with Crippen molar-refractivity contribution in [2.45, 2.75) is 32.6 Å². The normalized spacial score (nSPS) is 18.0. The summed E-state index contributed by atoms with van der Waals surface area (Å²) in [6.07, 6.45) is 3.99. The van der Waals surface area contributed by atoms with Crippen LogP contribution in [0.4, 0.5) is 0 Å². The van der Waals surface area contributed by atoms with Crippen molar-refractivity contribution in [2.75, 3.05) is 13.1 Å². The second-order valence-electron chi connectivity index (χ2n) is 5.24. The Morgan fingerprint density at radius 1 is 1.45 bits per heavy atom. The molecule has 2 heterocycles. The van der Waals surface area contributed by atoms with Crippen LogP contribution >= 0.6 is 15.9 Å². The van der Waals surface area contributed by atoms with E-state index in [9.17, 15) is 14.7 Å². The number of carboxylic acids is 1. The zero-order valence-electron chi connectivity index (χ0n) is 11.4. The first-order valence-corrected chi connectivity index (χ1v) is 7.55. The number of hydrogen-bond acceptors (Lipinski definition) is 3. The number of amides is 1. The third-order valence-corrected chi connectivity index (χ3v) is 4.65. The van der Waals surface area contributed by atoms with Gasteiger partial charge in [0.1, 0.15) is 0 Å². The Bertz CT molecular complexity index is 503. The third-order valence-electron chi connectivity index (χ3n) is 4.04. The van der Waals surface area contributed by atoms with Crippen LogP contribution in [0.15, 0.2) is 21.4 Å². The molecule has 5 nitrogen and oxygen atoms in total. The van der Waals surface area contributed by atoms with E-state index in [1.165, 1.54) is 6.26 Å². The van der Waals surface area contributed by atoms with Gasteiger partial charge in [-0.05, 0) is 41.3 Å². The zero-order valence-corrected chi connectivity index (χ0v) is 13.0. The van der Waals surface area contributed by atoms with E-state index in [4.69, 9.17) is 4.42 Å². The number of carbonyl (C=O) groups is 2. The van der Waals surface area contributed by atoms with Crippen molar-refractivity contribution in [2.24, 2.45) is 5.41 Å². The lowest BCUT2D eigenvalue weighted by Gasteiger charge is -2.38. The molecule has 1 aromatic rings. The quantitative estimate of drug-likeness (QED) is 0.911. The Morgan fingerprint density at radius 2 is 2.10 bits per heavy atom. The van der Waals surface area contributed by atoms with Gasteiger partial charge in [0.15, 0.2) is 4.67 Å². The van der Waals surface area contributed by atoms with Crippen LogP contribution in [0, 0.1) is 5.41 Å². The summed E-state index contributed by atoms with van der Waals surface area (Å²) in [4.78, 5) is 25.5. The van der Waals surface area contributed by atoms with E-state index in [-0.39, 0.29) is 5.91 Å². The number of halogens is 1. The van der Waals surface area contributed by atoms with Crippen molar-refractivity contribution < 1.29 is 19.1 Å². The molecule has 0 aromatic carbocycles. The molecule has 110 valence electrons. The summed E-state index contributed by atoms with van der Waals surface area (Å²) >= 11 is 3.20. The van der Waals surface area contributed by atoms with Gasteiger partial charge in [-0.1, -0.05) is 13.3 Å². The van der Waals surface area contributed by atoms with Crippen LogP contribution in [0.25, 0.3) is 0 Å². The predicted molar refractivity (Wildman–Crippen MR) is 76.5 cm³/mol. The highest BCUT2D eigenvalue weighted by atomic mass is 79.9. The van der Waals surface area contributed by atoms with Crippen molar-refractivity contribution in [3.63, 3.8) is 0 Å². The largest absolute Gasteiger partial charge is 0.481 e. The van der Waals surface area contributed by atoms with Gasteiger partial charge in [-0.3, -0.25) is 9.59 Å². The van der Waals surface area contributed by atoms with Gasteiger partial charge in [-0.25, -0.2) is 0 Å². The molecule has 1 N–H and O–H groups in total. The van der Waals surface area contributed by atoms with Crippen molar-refractivity contribution in [1.82, 2.24) is 4.90 Å². The molecule has 0 radical (unpaired) electrons. The molecule has 0 spiro atoms. The fourth-order valence-corrected chi connectivity index (χ4v) is 3.21. The molecule has 1 aliphatic heterocycles. The highest BCUT2D eigenvalue weighted by Gasteiger charge is 2.41. The van der Waals surface area contributed by atoms with E-state index in [0.29, 0.717) is 42.6 Å². The van der Waals surface area contributed by atoms with E-state index >= 15 is 0 Å². The molecule has 1 aromatic heterocycles. The van der Waals surface area contributed by atoms with Crippen molar-refractivity contribution in [3.8, 4) is 0 Å². The monoisotopic (exact) mass is 343 g/mol. The first-order valence-electron chi connectivity index (χ1n) is 6.76. The Morgan fingerprint density at radius 3 is 2.55 bits per heavy atom. The molecule has 2 rings (SSSR count). The highest BCUT2D eigenvalue weighted by molar-refractivity contribution is 9.10. The Labute approximate surface area is 126 Å². The number of aliphatic carboxylic acids is 1. The van der Waals surface area contributed by atoms with Gasteiger partial charge in [0, 0.05) is 13.1 Å². The lowest BCUT2D eigenvalue weighted by Crippen LogP contribution is -2.46. The van der Waals surface area contributed by atoms with Crippen LogP contribution in [-0.2, 0) is 4.79 Å². The number of carboxylic acid groups (broad SMARTS) is 1. The molecule has 1 fully saturated rings. The first-order chi connectivity index (χ1) is 9.50. The minimum atomic E-state index is -0.740. The number of likely N-dealkylation sites (tertiary alicyclic amines) is 1. The smallest absolute Gasteiger partial charge is 0.309 e. The van der Waals surface area contributed by atoms with Gasteiger partial charge < -0.3 is 14.4 Å².